The van der Waals surface area contributed by atoms with Gasteiger partial charge in [-0.3, -0.25) is 4.42 Å². The smallest absolute Gasteiger partial charge is 0.0599 e. The number of hydrogen-bond acceptors (Lipinski definition) is 1. The highest BCUT2D eigenvalue weighted by molar-refractivity contribution is 6.14. The van der Waals surface area contributed by atoms with Gasteiger partial charge in [-0.2, -0.15) is 0 Å². The van der Waals surface area contributed by atoms with Crippen LogP contribution < -0.4 is 0 Å². The molecule has 0 radical (unpaired) electrons. The van der Waals surface area contributed by atoms with Crippen LogP contribution in [0, 0.1) is 0 Å². The fourth-order valence-electron chi connectivity index (χ4n) is 2.19. The first-order valence-corrected chi connectivity index (χ1v) is 5.96. The highest BCUT2D eigenvalue weighted by atomic mass is 35.5. The lowest BCUT2D eigenvalue weighted by molar-refractivity contribution is 0.591. The van der Waals surface area contributed by atoms with Crippen molar-refractivity contribution in [1.29, 1.82) is 0 Å². The topological polar surface area (TPSA) is 3.24 Å². The Morgan fingerprint density at radius 1 is 0.882 bits per heavy atom. The maximum Gasteiger partial charge on any atom is 0.0599 e. The number of fused-ring (bicyclic) bond motifs is 1. The van der Waals surface area contributed by atoms with Gasteiger partial charge in [-0.25, -0.2) is 0 Å². The predicted molar refractivity (Wildman–Crippen MR) is 71.4 cm³/mol. The summed E-state index contributed by atoms with van der Waals surface area (Å²) in [6.45, 7) is 0.758. The third-order valence-electron chi connectivity index (χ3n) is 2.98. The molecule has 3 rings (SSSR count). The molecule has 84 valence electrons. The normalized spacial score (nSPS) is 14.2. The van der Waals surface area contributed by atoms with Gasteiger partial charge in [-0.15, -0.1) is 0 Å². The van der Waals surface area contributed by atoms with Gasteiger partial charge in [-0.1, -0.05) is 54.6 Å². The molecule has 17 heavy (non-hydrogen) atoms. The number of benzene rings is 2. The molecule has 0 spiro atoms. The SMILES string of the molecule is ClN1C=C(c2ccccc2)c2ccccc2C1. The van der Waals surface area contributed by atoms with Crippen LogP contribution in [0.1, 0.15) is 16.7 Å². The van der Waals surface area contributed by atoms with Crippen LogP contribution in [0.5, 0.6) is 0 Å². The molecule has 0 aromatic heterocycles. The van der Waals surface area contributed by atoms with Crippen LogP contribution >= 0.6 is 11.8 Å². The second-order valence-corrected chi connectivity index (χ2v) is 4.56. The molecule has 0 saturated carbocycles. The molecule has 0 saturated heterocycles. The summed E-state index contributed by atoms with van der Waals surface area (Å²) in [7, 11) is 0. The summed E-state index contributed by atoms with van der Waals surface area (Å²) in [6.07, 6.45) is 2.00. The zero-order valence-electron chi connectivity index (χ0n) is 9.31. The number of nitrogens with zero attached hydrogens (tertiary/aromatic N) is 1. The van der Waals surface area contributed by atoms with E-state index in [1.165, 1.54) is 22.3 Å². The average Bonchev–Trinajstić information content (AvgIpc) is 2.39. The van der Waals surface area contributed by atoms with Gasteiger partial charge >= 0.3 is 0 Å². The van der Waals surface area contributed by atoms with Gasteiger partial charge in [0.1, 0.15) is 0 Å². The van der Waals surface area contributed by atoms with Crippen LogP contribution in [-0.4, -0.2) is 4.42 Å². The van der Waals surface area contributed by atoms with Gasteiger partial charge in [-0.05, 0) is 16.7 Å². The molecule has 2 heteroatoms. The molecule has 0 fully saturated rings. The van der Waals surface area contributed by atoms with Crippen LogP contribution in [0.25, 0.3) is 5.57 Å². The first-order valence-electron chi connectivity index (χ1n) is 5.62. The van der Waals surface area contributed by atoms with Crippen molar-refractivity contribution in [2.24, 2.45) is 0 Å². The van der Waals surface area contributed by atoms with Crippen molar-refractivity contribution in [3.63, 3.8) is 0 Å². The second kappa shape index (κ2) is 4.27. The molecular weight excluding hydrogens is 230 g/mol. The molecule has 0 aliphatic carbocycles. The van der Waals surface area contributed by atoms with E-state index in [-0.39, 0.29) is 0 Å². The molecule has 0 bridgehead atoms. The van der Waals surface area contributed by atoms with Crippen LogP contribution in [0.4, 0.5) is 0 Å². The molecule has 1 aliphatic heterocycles. The lowest BCUT2D eigenvalue weighted by Gasteiger charge is -2.23. The van der Waals surface area contributed by atoms with E-state index in [1.807, 2.05) is 24.4 Å². The lowest BCUT2D eigenvalue weighted by Crippen LogP contribution is -2.12. The maximum absolute atomic E-state index is 6.15. The fraction of sp³-hybridized carbons (Fsp3) is 0.0667. The quantitative estimate of drug-likeness (QED) is 0.681. The molecule has 0 atom stereocenters. The Kier molecular flexibility index (Phi) is 2.62. The van der Waals surface area contributed by atoms with Crippen molar-refractivity contribution >= 4 is 17.3 Å². The maximum atomic E-state index is 6.15. The van der Waals surface area contributed by atoms with Crippen molar-refractivity contribution in [3.8, 4) is 0 Å². The van der Waals surface area contributed by atoms with Crippen LogP contribution in [-0.2, 0) is 6.54 Å². The molecule has 2 aromatic rings. The van der Waals surface area contributed by atoms with E-state index in [2.05, 4.69) is 36.4 Å². The minimum atomic E-state index is 0.758. The Bertz CT molecular complexity index is 560. The fourth-order valence-corrected chi connectivity index (χ4v) is 2.41. The Morgan fingerprint density at radius 2 is 1.59 bits per heavy atom. The summed E-state index contributed by atoms with van der Waals surface area (Å²) in [5.41, 5.74) is 4.92. The van der Waals surface area contributed by atoms with Gasteiger partial charge in [0.15, 0.2) is 0 Å². The number of rotatable bonds is 1. The first kappa shape index (κ1) is 10.4. The summed E-state index contributed by atoms with van der Waals surface area (Å²) >= 11 is 6.15. The standard InChI is InChI=1S/C15H12ClN/c16-17-10-13-8-4-5-9-14(13)15(11-17)12-6-2-1-3-7-12/h1-9,11H,10H2. The Labute approximate surface area is 106 Å². The van der Waals surface area contributed by atoms with Crippen LogP contribution in [0.2, 0.25) is 0 Å². The minimum Gasteiger partial charge on any atom is -0.287 e. The molecular formula is C15H12ClN. The Hall–Kier alpha value is -1.73. The summed E-state index contributed by atoms with van der Waals surface area (Å²) in [4.78, 5) is 0. The largest absolute Gasteiger partial charge is 0.287 e. The van der Waals surface area contributed by atoms with Crippen molar-refractivity contribution in [3.05, 3.63) is 77.5 Å². The van der Waals surface area contributed by atoms with Crippen molar-refractivity contribution in [2.75, 3.05) is 0 Å². The van der Waals surface area contributed by atoms with Gasteiger partial charge in [0.25, 0.3) is 0 Å². The molecule has 1 nitrogen and oxygen atoms in total. The number of halogens is 1. The zero-order chi connectivity index (χ0) is 11.7. The first-order chi connectivity index (χ1) is 8.34. The van der Waals surface area contributed by atoms with E-state index in [4.69, 9.17) is 11.8 Å². The third-order valence-corrected chi connectivity index (χ3v) is 3.20. The van der Waals surface area contributed by atoms with Crippen LogP contribution in [0.15, 0.2) is 60.8 Å². The predicted octanol–water partition coefficient (Wildman–Crippen LogP) is 4.05. The molecule has 0 amide bonds. The zero-order valence-corrected chi connectivity index (χ0v) is 10.1. The van der Waals surface area contributed by atoms with E-state index >= 15 is 0 Å². The van der Waals surface area contributed by atoms with Gasteiger partial charge in [0.2, 0.25) is 0 Å². The minimum absolute atomic E-state index is 0.758. The monoisotopic (exact) mass is 241 g/mol. The summed E-state index contributed by atoms with van der Waals surface area (Å²) < 4.78 is 1.71. The Balaban J connectivity index is 2.16. The highest BCUT2D eigenvalue weighted by Gasteiger charge is 2.16. The van der Waals surface area contributed by atoms with Gasteiger partial charge < -0.3 is 0 Å². The lowest BCUT2D eigenvalue weighted by atomic mass is 9.93. The van der Waals surface area contributed by atoms with Crippen molar-refractivity contribution in [2.45, 2.75) is 6.54 Å². The van der Waals surface area contributed by atoms with Crippen LogP contribution in [0.3, 0.4) is 0 Å². The molecule has 1 heterocycles. The summed E-state index contributed by atoms with van der Waals surface area (Å²) in [5, 5.41) is 0. The van der Waals surface area contributed by atoms with E-state index < -0.39 is 0 Å². The molecule has 0 unspecified atom stereocenters. The van der Waals surface area contributed by atoms with E-state index in [1.54, 1.807) is 4.42 Å². The van der Waals surface area contributed by atoms with Crippen molar-refractivity contribution in [1.82, 2.24) is 4.42 Å². The van der Waals surface area contributed by atoms with Crippen molar-refractivity contribution < 1.29 is 0 Å². The van der Waals surface area contributed by atoms with Gasteiger partial charge in [0, 0.05) is 23.5 Å². The Morgan fingerprint density at radius 3 is 2.41 bits per heavy atom. The third kappa shape index (κ3) is 1.94. The number of hydrogen-bond donors (Lipinski definition) is 0. The van der Waals surface area contributed by atoms with E-state index in [0.717, 1.165) is 6.54 Å². The van der Waals surface area contributed by atoms with E-state index in [9.17, 15) is 0 Å². The molecule has 1 aliphatic rings. The van der Waals surface area contributed by atoms with Gasteiger partial charge in [0.05, 0.1) is 6.54 Å². The summed E-state index contributed by atoms with van der Waals surface area (Å²) in [6, 6.07) is 18.7. The second-order valence-electron chi connectivity index (χ2n) is 4.12. The molecule has 0 N–H and O–H groups in total. The average molecular weight is 242 g/mol. The highest BCUT2D eigenvalue weighted by Crippen LogP contribution is 2.32. The van der Waals surface area contributed by atoms with E-state index in [0.29, 0.717) is 0 Å². The summed E-state index contributed by atoms with van der Waals surface area (Å²) in [5.74, 6) is 0. The molecule has 2 aromatic carbocycles.